The van der Waals surface area contributed by atoms with E-state index in [4.69, 9.17) is 4.52 Å². The van der Waals surface area contributed by atoms with E-state index in [2.05, 4.69) is 15.2 Å². The summed E-state index contributed by atoms with van der Waals surface area (Å²) in [7, 11) is -3.82. The molecule has 0 spiro atoms. The Labute approximate surface area is 223 Å². The van der Waals surface area contributed by atoms with E-state index < -0.39 is 22.1 Å². The van der Waals surface area contributed by atoms with Gasteiger partial charge in [-0.25, -0.2) is 13.1 Å². The summed E-state index contributed by atoms with van der Waals surface area (Å²) in [4.78, 5) is 0.221. The van der Waals surface area contributed by atoms with Crippen molar-refractivity contribution < 1.29 is 12.9 Å². The molecule has 2 atom stereocenters. The van der Waals surface area contributed by atoms with Gasteiger partial charge >= 0.3 is 0 Å². The molecule has 7 heteroatoms. The maximum absolute atomic E-state index is 13.5. The lowest BCUT2D eigenvalue weighted by Crippen LogP contribution is -2.38. The minimum Gasteiger partial charge on any atom is -0.359 e. The third-order valence-electron chi connectivity index (χ3n) is 6.39. The highest BCUT2D eigenvalue weighted by molar-refractivity contribution is 7.89. The molecule has 0 unspecified atom stereocenters. The van der Waals surface area contributed by atoms with Crippen molar-refractivity contribution in [2.75, 3.05) is 0 Å². The fraction of sp³-hybridized carbons (Fsp3) is 0.129. The van der Waals surface area contributed by atoms with Crippen LogP contribution in [-0.2, 0) is 16.6 Å². The molecule has 0 amide bonds. The predicted octanol–water partition coefficient (Wildman–Crippen LogP) is 6.20. The molecule has 1 heterocycles. The molecule has 0 saturated heterocycles. The summed E-state index contributed by atoms with van der Waals surface area (Å²) in [6.45, 7) is 2.29. The lowest BCUT2D eigenvalue weighted by Gasteiger charge is -2.29. The Balaban J connectivity index is 1.47. The fourth-order valence-electron chi connectivity index (χ4n) is 4.38. The SMILES string of the molecule is Cc1ccc(S(=O)(=O)N[C@H](c2ccccc2)[C@H](NCc2cc(-c3ccccc3)no2)c2ccccc2)cc1. The number of nitrogens with one attached hydrogen (secondary N) is 2. The van der Waals surface area contributed by atoms with E-state index in [-0.39, 0.29) is 4.90 Å². The first-order valence-electron chi connectivity index (χ1n) is 12.4. The maximum Gasteiger partial charge on any atom is 0.241 e. The monoisotopic (exact) mass is 523 g/mol. The Kier molecular flexibility index (Phi) is 7.79. The van der Waals surface area contributed by atoms with Crippen LogP contribution < -0.4 is 10.0 Å². The topological polar surface area (TPSA) is 84.2 Å². The van der Waals surface area contributed by atoms with Crippen molar-refractivity contribution in [3.8, 4) is 11.3 Å². The van der Waals surface area contributed by atoms with Crippen LogP contribution in [0, 0.1) is 6.92 Å². The first kappa shape index (κ1) is 25.6. The Morgan fingerprint density at radius 1 is 0.737 bits per heavy atom. The Morgan fingerprint density at radius 3 is 1.89 bits per heavy atom. The van der Waals surface area contributed by atoms with Gasteiger partial charge in [0.15, 0.2) is 5.76 Å². The molecular formula is C31H29N3O3S. The molecular weight excluding hydrogens is 494 g/mol. The predicted molar refractivity (Wildman–Crippen MR) is 149 cm³/mol. The zero-order chi connectivity index (χ0) is 26.4. The molecule has 0 aliphatic heterocycles. The first-order chi connectivity index (χ1) is 18.5. The van der Waals surface area contributed by atoms with Crippen molar-refractivity contribution in [1.82, 2.24) is 15.2 Å². The molecule has 0 aliphatic rings. The van der Waals surface area contributed by atoms with Gasteiger partial charge < -0.3 is 9.84 Å². The summed E-state index contributed by atoms with van der Waals surface area (Å²) in [6, 6.07) is 37.0. The molecule has 2 N–H and O–H groups in total. The number of hydrogen-bond donors (Lipinski definition) is 2. The molecule has 5 aromatic rings. The maximum atomic E-state index is 13.5. The molecule has 0 saturated carbocycles. The third kappa shape index (κ3) is 6.08. The van der Waals surface area contributed by atoms with E-state index in [9.17, 15) is 8.42 Å². The molecule has 4 aromatic carbocycles. The zero-order valence-electron chi connectivity index (χ0n) is 21.0. The second-order valence-electron chi connectivity index (χ2n) is 9.14. The number of aromatic nitrogens is 1. The van der Waals surface area contributed by atoms with Gasteiger partial charge in [0.25, 0.3) is 0 Å². The summed E-state index contributed by atoms with van der Waals surface area (Å²) >= 11 is 0. The smallest absolute Gasteiger partial charge is 0.241 e. The molecule has 5 rings (SSSR count). The van der Waals surface area contributed by atoms with E-state index in [1.54, 1.807) is 24.3 Å². The van der Waals surface area contributed by atoms with Crippen LogP contribution in [0.2, 0.25) is 0 Å². The summed E-state index contributed by atoms with van der Waals surface area (Å²) in [5.41, 5.74) is 4.49. The largest absolute Gasteiger partial charge is 0.359 e. The minimum atomic E-state index is -3.82. The van der Waals surface area contributed by atoms with Gasteiger partial charge in [0.05, 0.1) is 23.5 Å². The van der Waals surface area contributed by atoms with Crippen LogP contribution in [0.25, 0.3) is 11.3 Å². The van der Waals surface area contributed by atoms with Gasteiger partial charge in [-0.2, -0.15) is 0 Å². The van der Waals surface area contributed by atoms with Crippen LogP contribution in [-0.4, -0.2) is 13.6 Å². The van der Waals surface area contributed by atoms with Gasteiger partial charge in [-0.1, -0.05) is 114 Å². The summed E-state index contributed by atoms with van der Waals surface area (Å²) in [5, 5.41) is 7.76. The average Bonchev–Trinajstić information content (AvgIpc) is 3.43. The van der Waals surface area contributed by atoms with Crippen LogP contribution in [0.1, 0.15) is 34.5 Å². The number of aryl methyl sites for hydroxylation is 1. The van der Waals surface area contributed by atoms with Crippen molar-refractivity contribution >= 4 is 10.0 Å². The first-order valence-corrected chi connectivity index (χ1v) is 13.9. The van der Waals surface area contributed by atoms with Crippen molar-refractivity contribution in [2.45, 2.75) is 30.4 Å². The minimum absolute atomic E-state index is 0.221. The number of sulfonamides is 1. The summed E-state index contributed by atoms with van der Waals surface area (Å²) in [5.74, 6) is 0.651. The third-order valence-corrected chi connectivity index (χ3v) is 7.85. The summed E-state index contributed by atoms with van der Waals surface area (Å²) < 4.78 is 35.7. The zero-order valence-corrected chi connectivity index (χ0v) is 21.8. The molecule has 38 heavy (non-hydrogen) atoms. The van der Waals surface area contributed by atoms with Gasteiger partial charge in [-0.3, -0.25) is 0 Å². The highest BCUT2D eigenvalue weighted by atomic mass is 32.2. The fourth-order valence-corrected chi connectivity index (χ4v) is 5.62. The standard InChI is InChI=1S/C31H29N3O3S/c1-23-17-19-28(20-18-23)38(35,36)34-31(26-15-9-4-10-16-26)30(25-13-7-3-8-14-25)32-22-27-21-29(33-37-27)24-11-5-2-6-12-24/h2-21,30-32,34H,22H2,1H3/t30-,31-/m1/s1. The van der Waals surface area contributed by atoms with Crippen LogP contribution >= 0.6 is 0 Å². The second-order valence-corrected chi connectivity index (χ2v) is 10.9. The summed E-state index contributed by atoms with van der Waals surface area (Å²) in [6.07, 6.45) is 0. The van der Waals surface area contributed by atoms with Gasteiger partial charge in [-0.15, -0.1) is 0 Å². The molecule has 192 valence electrons. The van der Waals surface area contributed by atoms with Crippen LogP contribution in [0.5, 0.6) is 0 Å². The van der Waals surface area contributed by atoms with E-state index >= 15 is 0 Å². The van der Waals surface area contributed by atoms with Crippen molar-refractivity contribution in [3.05, 3.63) is 144 Å². The average molecular weight is 524 g/mol. The highest BCUT2D eigenvalue weighted by Crippen LogP contribution is 2.31. The Morgan fingerprint density at radius 2 is 1.29 bits per heavy atom. The molecule has 1 aromatic heterocycles. The molecule has 0 radical (unpaired) electrons. The van der Waals surface area contributed by atoms with Gasteiger partial charge in [0, 0.05) is 11.6 Å². The van der Waals surface area contributed by atoms with Gasteiger partial charge in [0.1, 0.15) is 5.69 Å². The van der Waals surface area contributed by atoms with E-state index in [0.717, 1.165) is 27.9 Å². The van der Waals surface area contributed by atoms with E-state index in [0.29, 0.717) is 12.3 Å². The van der Waals surface area contributed by atoms with Crippen molar-refractivity contribution in [3.63, 3.8) is 0 Å². The van der Waals surface area contributed by atoms with Crippen molar-refractivity contribution in [1.29, 1.82) is 0 Å². The number of benzene rings is 4. The highest BCUT2D eigenvalue weighted by Gasteiger charge is 2.30. The number of rotatable bonds is 10. The molecule has 0 bridgehead atoms. The van der Waals surface area contributed by atoms with Crippen molar-refractivity contribution in [2.24, 2.45) is 0 Å². The number of hydrogen-bond acceptors (Lipinski definition) is 5. The van der Waals surface area contributed by atoms with E-state index in [1.807, 2.05) is 104 Å². The van der Waals surface area contributed by atoms with Gasteiger partial charge in [0.2, 0.25) is 10.0 Å². The van der Waals surface area contributed by atoms with Crippen LogP contribution in [0.3, 0.4) is 0 Å². The lowest BCUT2D eigenvalue weighted by atomic mass is 9.94. The van der Waals surface area contributed by atoms with Crippen LogP contribution in [0.15, 0.2) is 131 Å². The van der Waals surface area contributed by atoms with Gasteiger partial charge in [-0.05, 0) is 30.2 Å². The molecule has 0 fully saturated rings. The lowest BCUT2D eigenvalue weighted by molar-refractivity contribution is 0.349. The van der Waals surface area contributed by atoms with Crippen LogP contribution in [0.4, 0.5) is 0 Å². The molecule has 6 nitrogen and oxygen atoms in total. The molecule has 0 aliphatic carbocycles. The Hall–Kier alpha value is -4.04. The number of nitrogens with zero attached hydrogens (tertiary/aromatic N) is 1. The second kappa shape index (κ2) is 11.6. The van der Waals surface area contributed by atoms with E-state index in [1.165, 1.54) is 0 Å². The quantitative estimate of drug-likeness (QED) is 0.228. The normalized spacial score (nSPS) is 13.2. The Bertz CT molecular complexity index is 1550.